The van der Waals surface area contributed by atoms with Gasteiger partial charge >= 0.3 is 0 Å². The molecule has 0 aliphatic rings. The average molecular weight is 791 g/mol. The van der Waals surface area contributed by atoms with Crippen LogP contribution in [0.2, 0.25) is 0 Å². The number of para-hydroxylation sites is 2. The van der Waals surface area contributed by atoms with Gasteiger partial charge in [-0.25, -0.2) is 9.97 Å². The predicted molar refractivity (Wildman–Crippen MR) is 258 cm³/mol. The van der Waals surface area contributed by atoms with E-state index in [1.165, 1.54) is 54.8 Å². The number of benzene rings is 9. The van der Waals surface area contributed by atoms with E-state index in [4.69, 9.17) is 9.97 Å². The molecule has 4 heteroatoms. The van der Waals surface area contributed by atoms with Crippen molar-refractivity contribution in [3.8, 4) is 67.5 Å². The lowest BCUT2D eigenvalue weighted by Gasteiger charge is -2.12. The third-order valence-electron chi connectivity index (χ3n) is 12.2. The molecule has 0 aliphatic carbocycles. The van der Waals surface area contributed by atoms with Crippen molar-refractivity contribution in [1.29, 1.82) is 0 Å². The smallest absolute Gasteiger partial charge is 0.160 e. The summed E-state index contributed by atoms with van der Waals surface area (Å²) in [6.45, 7) is 0. The summed E-state index contributed by atoms with van der Waals surface area (Å²) in [5.74, 6) is 0.696. The third-order valence-corrected chi connectivity index (χ3v) is 12.2. The van der Waals surface area contributed by atoms with Gasteiger partial charge in [-0.2, -0.15) is 0 Å². The quantitative estimate of drug-likeness (QED) is 0.161. The Morgan fingerprint density at radius 2 is 0.597 bits per heavy atom. The van der Waals surface area contributed by atoms with Gasteiger partial charge in [-0.05, 0) is 76.9 Å². The summed E-state index contributed by atoms with van der Waals surface area (Å²) in [5, 5.41) is 4.93. The molecular formula is C58H38N4. The van der Waals surface area contributed by atoms with Crippen LogP contribution in [0.5, 0.6) is 0 Å². The molecule has 62 heavy (non-hydrogen) atoms. The molecule has 0 atom stereocenters. The number of nitrogens with zero attached hydrogens (tertiary/aromatic N) is 4. The molecule has 0 bridgehead atoms. The summed E-state index contributed by atoms with van der Waals surface area (Å²) < 4.78 is 4.82. The summed E-state index contributed by atoms with van der Waals surface area (Å²) in [4.78, 5) is 10.3. The van der Waals surface area contributed by atoms with Gasteiger partial charge < -0.3 is 9.13 Å². The van der Waals surface area contributed by atoms with Crippen LogP contribution in [0.25, 0.3) is 111 Å². The molecule has 4 nitrogen and oxygen atoms in total. The van der Waals surface area contributed by atoms with Gasteiger partial charge in [0.2, 0.25) is 0 Å². The highest BCUT2D eigenvalue weighted by Gasteiger charge is 2.19. The number of rotatable bonds is 7. The largest absolute Gasteiger partial charge is 0.309 e. The molecule has 12 rings (SSSR count). The number of hydrogen-bond donors (Lipinski definition) is 0. The first-order chi connectivity index (χ1) is 30.7. The maximum absolute atomic E-state index is 5.19. The molecule has 0 N–H and O–H groups in total. The van der Waals surface area contributed by atoms with Crippen molar-refractivity contribution in [3.63, 3.8) is 0 Å². The van der Waals surface area contributed by atoms with Crippen molar-refractivity contribution in [3.05, 3.63) is 231 Å². The van der Waals surface area contributed by atoms with Gasteiger partial charge in [0.05, 0.1) is 33.5 Å². The molecule has 0 radical (unpaired) electrons. The molecular weight excluding hydrogens is 753 g/mol. The second-order valence-electron chi connectivity index (χ2n) is 15.8. The number of fused-ring (bicyclic) bond motifs is 6. The van der Waals surface area contributed by atoms with Crippen LogP contribution in [-0.4, -0.2) is 19.1 Å². The molecule has 0 unspecified atom stereocenters. The fraction of sp³-hybridized carbons (Fsp3) is 0. The van der Waals surface area contributed by atoms with Gasteiger partial charge in [0.15, 0.2) is 5.82 Å². The van der Waals surface area contributed by atoms with Crippen LogP contribution in [-0.2, 0) is 0 Å². The molecule has 0 fully saturated rings. The van der Waals surface area contributed by atoms with E-state index >= 15 is 0 Å². The molecule has 3 aromatic heterocycles. The van der Waals surface area contributed by atoms with Gasteiger partial charge in [0.25, 0.3) is 0 Å². The van der Waals surface area contributed by atoms with Crippen LogP contribution in [0, 0.1) is 0 Å². The summed E-state index contributed by atoms with van der Waals surface area (Å²) in [7, 11) is 0. The van der Waals surface area contributed by atoms with E-state index in [-0.39, 0.29) is 0 Å². The van der Waals surface area contributed by atoms with Crippen molar-refractivity contribution in [2.24, 2.45) is 0 Å². The van der Waals surface area contributed by atoms with Gasteiger partial charge in [0.1, 0.15) is 0 Å². The Bertz CT molecular complexity index is 3570. The van der Waals surface area contributed by atoms with Crippen LogP contribution in [0.4, 0.5) is 0 Å². The molecule has 290 valence electrons. The standard InChI is InChI=1S/C58H38N4/c1-4-14-39(15-5-1)41-24-26-45(27-25-41)58-59-52(43-18-8-3-9-19-43)37-53(60-58)44-30-34-47(35-31-44)62-55-23-13-11-21-49(55)51-36-50-48-20-10-12-22-54(48)61(56(50)38-57(51)62)46-32-28-42(29-33-46)40-16-6-2-7-17-40/h1-38H. The molecule has 12 aromatic rings. The summed E-state index contributed by atoms with van der Waals surface area (Å²) in [5.41, 5.74) is 16.5. The first kappa shape index (κ1) is 35.6. The second-order valence-corrected chi connectivity index (χ2v) is 15.8. The van der Waals surface area contributed by atoms with Crippen LogP contribution in [0.1, 0.15) is 0 Å². The minimum absolute atomic E-state index is 0.696. The summed E-state index contributed by atoms with van der Waals surface area (Å²) in [6, 6.07) is 82.1. The summed E-state index contributed by atoms with van der Waals surface area (Å²) in [6.07, 6.45) is 0. The summed E-state index contributed by atoms with van der Waals surface area (Å²) >= 11 is 0. The average Bonchev–Trinajstić information content (AvgIpc) is 3.86. The number of aromatic nitrogens is 4. The van der Waals surface area contributed by atoms with Gasteiger partial charge in [-0.15, -0.1) is 0 Å². The van der Waals surface area contributed by atoms with Crippen LogP contribution in [0.3, 0.4) is 0 Å². The second kappa shape index (κ2) is 14.7. The third kappa shape index (κ3) is 6.08. The lowest BCUT2D eigenvalue weighted by atomic mass is 10.0. The molecule has 3 heterocycles. The van der Waals surface area contributed by atoms with E-state index in [9.17, 15) is 0 Å². The molecule has 0 saturated carbocycles. The first-order valence-corrected chi connectivity index (χ1v) is 21.1. The van der Waals surface area contributed by atoms with Crippen molar-refractivity contribution in [2.75, 3.05) is 0 Å². The molecule has 0 spiro atoms. The zero-order valence-corrected chi connectivity index (χ0v) is 33.7. The van der Waals surface area contributed by atoms with E-state index in [0.717, 1.165) is 50.5 Å². The normalized spacial score (nSPS) is 11.5. The van der Waals surface area contributed by atoms with E-state index < -0.39 is 0 Å². The fourth-order valence-electron chi connectivity index (χ4n) is 9.13. The molecule has 0 aliphatic heterocycles. The Morgan fingerprint density at radius 1 is 0.242 bits per heavy atom. The highest BCUT2D eigenvalue weighted by molar-refractivity contribution is 6.19. The Morgan fingerprint density at radius 3 is 1.08 bits per heavy atom. The van der Waals surface area contributed by atoms with E-state index in [0.29, 0.717) is 5.82 Å². The molecule has 0 saturated heterocycles. The zero-order valence-electron chi connectivity index (χ0n) is 33.7. The lowest BCUT2D eigenvalue weighted by molar-refractivity contribution is 1.16. The van der Waals surface area contributed by atoms with E-state index in [1.54, 1.807) is 0 Å². The fourth-order valence-corrected chi connectivity index (χ4v) is 9.13. The number of hydrogen-bond acceptors (Lipinski definition) is 2. The highest BCUT2D eigenvalue weighted by Crippen LogP contribution is 2.40. The maximum atomic E-state index is 5.19. The minimum Gasteiger partial charge on any atom is -0.309 e. The van der Waals surface area contributed by atoms with Gasteiger partial charge in [-0.3, -0.25) is 0 Å². The van der Waals surface area contributed by atoms with E-state index in [2.05, 4.69) is 228 Å². The maximum Gasteiger partial charge on any atom is 0.160 e. The lowest BCUT2D eigenvalue weighted by Crippen LogP contribution is -1.97. The Balaban J connectivity index is 0.985. The van der Waals surface area contributed by atoms with Crippen LogP contribution >= 0.6 is 0 Å². The van der Waals surface area contributed by atoms with Crippen molar-refractivity contribution in [1.82, 2.24) is 19.1 Å². The minimum atomic E-state index is 0.696. The van der Waals surface area contributed by atoms with Gasteiger partial charge in [-0.1, -0.05) is 176 Å². The SMILES string of the molecule is c1ccc(-c2ccc(-c3nc(-c4ccccc4)cc(-c4ccc(-n5c6ccccc6c6cc7c8ccccc8n(-c8ccc(-c9ccccc9)cc8)c7cc65)cc4)n3)cc2)cc1. The van der Waals surface area contributed by atoms with Crippen LogP contribution < -0.4 is 0 Å². The van der Waals surface area contributed by atoms with E-state index in [1.807, 2.05) is 12.1 Å². The van der Waals surface area contributed by atoms with Gasteiger partial charge in [0, 0.05) is 49.6 Å². The predicted octanol–water partition coefficient (Wildman–Crippen LogP) is 15.0. The Labute approximate surface area is 359 Å². The van der Waals surface area contributed by atoms with Crippen molar-refractivity contribution < 1.29 is 0 Å². The van der Waals surface area contributed by atoms with Crippen LogP contribution in [0.15, 0.2) is 231 Å². The Kier molecular flexibility index (Phi) is 8.46. The first-order valence-electron chi connectivity index (χ1n) is 21.1. The highest BCUT2D eigenvalue weighted by atomic mass is 15.0. The Hall–Kier alpha value is -8.34. The molecule has 0 amide bonds. The van der Waals surface area contributed by atoms with Crippen molar-refractivity contribution in [2.45, 2.75) is 0 Å². The molecule has 9 aromatic carbocycles. The van der Waals surface area contributed by atoms with Crippen molar-refractivity contribution >= 4 is 43.6 Å². The monoisotopic (exact) mass is 790 g/mol. The zero-order chi connectivity index (χ0) is 41.0. The topological polar surface area (TPSA) is 35.6 Å².